The van der Waals surface area contributed by atoms with Crippen LogP contribution < -0.4 is 0 Å². The number of fused-ring (bicyclic) bond motifs is 9. The van der Waals surface area contributed by atoms with Crippen LogP contribution in [0.5, 0.6) is 0 Å². The Kier molecular flexibility index (Phi) is 4.70. The third kappa shape index (κ3) is 2.98. The first-order valence-electron chi connectivity index (χ1n) is 14.1. The number of nitrogens with zero attached hydrogens (tertiary/aromatic N) is 2. The summed E-state index contributed by atoms with van der Waals surface area (Å²) in [7, 11) is 0. The highest BCUT2D eigenvalue weighted by atomic mass is 32.1. The van der Waals surface area contributed by atoms with Crippen LogP contribution in [0.4, 0.5) is 0 Å². The summed E-state index contributed by atoms with van der Waals surface area (Å²) in [5.41, 5.74) is 9.30. The molecular formula is C37H26N2S. The molecule has 3 aromatic heterocycles. The second kappa shape index (κ2) is 8.45. The molecule has 5 aromatic carbocycles. The monoisotopic (exact) mass is 530 g/mol. The Morgan fingerprint density at radius 2 is 1.00 bits per heavy atom. The van der Waals surface area contributed by atoms with Gasteiger partial charge < -0.3 is 9.13 Å². The maximum atomic E-state index is 2.55. The number of para-hydroxylation sites is 3. The smallest absolute Gasteiger partial charge is 0.0640 e. The van der Waals surface area contributed by atoms with Gasteiger partial charge in [-0.15, -0.1) is 11.3 Å². The van der Waals surface area contributed by atoms with E-state index in [1.807, 2.05) is 11.3 Å². The minimum Gasteiger partial charge on any atom is -0.312 e. The maximum absolute atomic E-state index is 2.55. The molecule has 190 valence electrons. The molecule has 8 aromatic rings. The van der Waals surface area contributed by atoms with Gasteiger partial charge in [0.1, 0.15) is 0 Å². The first-order chi connectivity index (χ1) is 19.9. The molecule has 0 amide bonds. The van der Waals surface area contributed by atoms with Crippen molar-refractivity contribution >= 4 is 64.2 Å². The fraction of sp³-hybridized carbons (Fsp3) is 0.0811. The van der Waals surface area contributed by atoms with E-state index in [1.54, 1.807) is 0 Å². The third-order valence-electron chi connectivity index (χ3n) is 8.67. The summed E-state index contributed by atoms with van der Waals surface area (Å²) in [6.07, 6.45) is 7.87. The van der Waals surface area contributed by atoms with Crippen LogP contribution in [-0.4, -0.2) is 9.13 Å². The molecule has 0 bridgehead atoms. The third-order valence-corrected chi connectivity index (χ3v) is 9.94. The zero-order valence-electron chi connectivity index (χ0n) is 22.0. The van der Waals surface area contributed by atoms with Gasteiger partial charge in [-0.25, -0.2) is 0 Å². The molecule has 2 nitrogen and oxygen atoms in total. The van der Waals surface area contributed by atoms with Gasteiger partial charge in [-0.2, -0.15) is 0 Å². The SMILES string of the molecule is C1=CCc2c(c3ccccc3n2-c2cccc3c2sc2c(-n4c5ccccc5c5ccccc54)cccc23)CC1. The van der Waals surface area contributed by atoms with E-state index in [0.717, 1.165) is 19.3 Å². The summed E-state index contributed by atoms with van der Waals surface area (Å²) >= 11 is 1.93. The molecular weight excluding hydrogens is 504 g/mol. The van der Waals surface area contributed by atoms with Gasteiger partial charge in [0.2, 0.25) is 0 Å². The molecule has 0 atom stereocenters. The number of benzene rings is 5. The van der Waals surface area contributed by atoms with Gasteiger partial charge in [-0.05, 0) is 48.7 Å². The molecule has 0 fully saturated rings. The van der Waals surface area contributed by atoms with Crippen molar-refractivity contribution in [1.29, 1.82) is 0 Å². The highest BCUT2D eigenvalue weighted by Gasteiger charge is 2.22. The van der Waals surface area contributed by atoms with Gasteiger partial charge in [-0.1, -0.05) is 91.0 Å². The Bertz CT molecular complexity index is 2250. The van der Waals surface area contributed by atoms with E-state index >= 15 is 0 Å². The Balaban J connectivity index is 1.38. The molecule has 0 radical (unpaired) electrons. The summed E-state index contributed by atoms with van der Waals surface area (Å²) < 4.78 is 7.70. The van der Waals surface area contributed by atoms with Crippen molar-refractivity contribution in [3.63, 3.8) is 0 Å². The summed E-state index contributed by atoms with van der Waals surface area (Å²) in [5.74, 6) is 0. The van der Waals surface area contributed by atoms with E-state index in [9.17, 15) is 0 Å². The molecule has 0 saturated carbocycles. The van der Waals surface area contributed by atoms with Crippen LogP contribution in [0.15, 0.2) is 121 Å². The second-order valence-corrected chi connectivity index (χ2v) is 11.8. The number of thiophene rings is 1. The van der Waals surface area contributed by atoms with E-state index in [4.69, 9.17) is 0 Å². The quantitative estimate of drug-likeness (QED) is 0.197. The van der Waals surface area contributed by atoms with Crippen LogP contribution >= 0.6 is 11.3 Å². The van der Waals surface area contributed by atoms with Crippen LogP contribution in [0, 0.1) is 0 Å². The first kappa shape index (κ1) is 22.2. The van der Waals surface area contributed by atoms with Crippen LogP contribution in [0.1, 0.15) is 17.7 Å². The molecule has 0 aliphatic heterocycles. The Hall–Kier alpha value is -4.60. The standard InChI is InChI=1S/C37H26N2S/c1-2-12-24-25-13-4-7-19-31(25)38(30(24)18-3-1)34-22-10-16-28-29-17-11-23-35(37(29)40-36(28)34)39-32-20-8-5-14-26(32)27-15-6-9-21-33(27)39/h1,3-11,13-17,19-23H,2,12,18H2. The van der Waals surface area contributed by atoms with E-state index in [1.165, 1.54) is 75.5 Å². The van der Waals surface area contributed by atoms with Crippen molar-refractivity contribution in [2.75, 3.05) is 0 Å². The summed E-state index contributed by atoms with van der Waals surface area (Å²) in [5, 5.41) is 6.64. The molecule has 3 heterocycles. The summed E-state index contributed by atoms with van der Waals surface area (Å²) in [6.45, 7) is 0. The predicted octanol–water partition coefficient (Wildman–Crippen LogP) is 10.1. The molecule has 1 aliphatic rings. The molecule has 40 heavy (non-hydrogen) atoms. The minimum atomic E-state index is 0.970. The lowest BCUT2D eigenvalue weighted by molar-refractivity contribution is 0.964. The molecule has 0 unspecified atom stereocenters. The molecule has 3 heteroatoms. The summed E-state index contributed by atoms with van der Waals surface area (Å²) in [6, 6.07) is 40.2. The minimum absolute atomic E-state index is 0.970. The van der Waals surface area contributed by atoms with Crippen LogP contribution in [0.2, 0.25) is 0 Å². The van der Waals surface area contributed by atoms with Crippen LogP contribution in [0.25, 0.3) is 64.3 Å². The van der Waals surface area contributed by atoms with E-state index < -0.39 is 0 Å². The van der Waals surface area contributed by atoms with Crippen LogP contribution in [0.3, 0.4) is 0 Å². The average Bonchev–Trinajstić information content (AvgIpc) is 3.58. The van der Waals surface area contributed by atoms with E-state index in [2.05, 4.69) is 130 Å². The molecule has 9 rings (SSSR count). The van der Waals surface area contributed by atoms with E-state index in [-0.39, 0.29) is 0 Å². The Morgan fingerprint density at radius 1 is 0.475 bits per heavy atom. The number of aryl methyl sites for hydroxylation is 1. The molecule has 0 saturated heterocycles. The number of hydrogen-bond donors (Lipinski definition) is 0. The van der Waals surface area contributed by atoms with Crippen molar-refractivity contribution in [3.05, 3.63) is 133 Å². The lowest BCUT2D eigenvalue weighted by Gasteiger charge is -2.12. The first-order valence-corrected chi connectivity index (χ1v) is 14.9. The van der Waals surface area contributed by atoms with Gasteiger partial charge in [0, 0.05) is 39.0 Å². The highest BCUT2D eigenvalue weighted by Crippen LogP contribution is 2.44. The largest absolute Gasteiger partial charge is 0.312 e. The lowest BCUT2D eigenvalue weighted by Crippen LogP contribution is -2.01. The van der Waals surface area contributed by atoms with Crippen molar-refractivity contribution in [1.82, 2.24) is 9.13 Å². The van der Waals surface area contributed by atoms with Gasteiger partial charge >= 0.3 is 0 Å². The zero-order valence-corrected chi connectivity index (χ0v) is 22.8. The topological polar surface area (TPSA) is 9.86 Å². The predicted molar refractivity (Wildman–Crippen MR) is 172 cm³/mol. The van der Waals surface area contributed by atoms with Crippen molar-refractivity contribution in [2.45, 2.75) is 19.3 Å². The number of hydrogen-bond acceptors (Lipinski definition) is 1. The molecule has 0 N–H and O–H groups in total. The Labute approximate surface area is 236 Å². The van der Waals surface area contributed by atoms with Crippen LogP contribution in [-0.2, 0) is 12.8 Å². The van der Waals surface area contributed by atoms with Crippen molar-refractivity contribution in [2.24, 2.45) is 0 Å². The second-order valence-electron chi connectivity index (χ2n) is 10.8. The number of aromatic nitrogens is 2. The lowest BCUT2D eigenvalue weighted by atomic mass is 10.1. The van der Waals surface area contributed by atoms with E-state index in [0.29, 0.717) is 0 Å². The molecule has 1 aliphatic carbocycles. The normalized spacial score (nSPS) is 13.6. The molecule has 0 spiro atoms. The number of rotatable bonds is 2. The average molecular weight is 531 g/mol. The van der Waals surface area contributed by atoms with Gasteiger partial charge in [0.05, 0.1) is 37.3 Å². The maximum Gasteiger partial charge on any atom is 0.0640 e. The van der Waals surface area contributed by atoms with Gasteiger partial charge in [0.25, 0.3) is 0 Å². The zero-order chi connectivity index (χ0) is 26.2. The highest BCUT2D eigenvalue weighted by molar-refractivity contribution is 7.26. The van der Waals surface area contributed by atoms with Crippen molar-refractivity contribution in [3.8, 4) is 11.4 Å². The fourth-order valence-electron chi connectivity index (χ4n) is 6.99. The summed E-state index contributed by atoms with van der Waals surface area (Å²) in [4.78, 5) is 0. The van der Waals surface area contributed by atoms with Gasteiger partial charge in [0.15, 0.2) is 0 Å². The number of allylic oxidation sites excluding steroid dienone is 2. The van der Waals surface area contributed by atoms with Gasteiger partial charge in [-0.3, -0.25) is 0 Å². The Morgan fingerprint density at radius 3 is 1.65 bits per heavy atom. The fourth-order valence-corrected chi connectivity index (χ4v) is 8.30. The van der Waals surface area contributed by atoms with Crippen molar-refractivity contribution < 1.29 is 0 Å².